The van der Waals surface area contributed by atoms with Gasteiger partial charge in [-0.25, -0.2) is 0 Å². The molecule has 0 amide bonds. The van der Waals surface area contributed by atoms with E-state index in [0.717, 1.165) is 16.9 Å². The van der Waals surface area contributed by atoms with Crippen molar-refractivity contribution in [3.8, 4) is 11.5 Å². The van der Waals surface area contributed by atoms with Gasteiger partial charge in [0, 0.05) is 30.9 Å². The van der Waals surface area contributed by atoms with Crippen LogP contribution >= 0.6 is 11.3 Å². The first-order valence-electron chi connectivity index (χ1n) is 8.19. The molecule has 0 fully saturated rings. The predicted octanol–water partition coefficient (Wildman–Crippen LogP) is 6.38. The van der Waals surface area contributed by atoms with Gasteiger partial charge in [-0.15, -0.1) is 11.3 Å². The molecule has 0 aliphatic rings. The molecule has 122 valence electrons. The Morgan fingerprint density at radius 2 is 1.56 bits per heavy atom. The lowest BCUT2D eigenvalue weighted by Gasteiger charge is -2.06. The molecular formula is C22H16O2S. The Morgan fingerprint density at radius 3 is 2.40 bits per heavy atom. The number of benzene rings is 4. The maximum atomic E-state index is 5.54. The molecule has 5 aromatic rings. The van der Waals surface area contributed by atoms with Gasteiger partial charge in [0.1, 0.15) is 11.5 Å². The van der Waals surface area contributed by atoms with E-state index in [1.165, 1.54) is 36.3 Å². The molecule has 0 atom stereocenters. The Kier molecular flexibility index (Phi) is 3.12. The highest BCUT2D eigenvalue weighted by molar-refractivity contribution is 7.26. The number of hydrogen-bond acceptors (Lipinski definition) is 3. The van der Waals surface area contributed by atoms with E-state index in [9.17, 15) is 0 Å². The molecule has 0 spiro atoms. The monoisotopic (exact) mass is 344 g/mol. The van der Waals surface area contributed by atoms with Gasteiger partial charge < -0.3 is 9.47 Å². The van der Waals surface area contributed by atoms with Crippen molar-refractivity contribution in [3.63, 3.8) is 0 Å². The van der Waals surface area contributed by atoms with E-state index >= 15 is 0 Å². The van der Waals surface area contributed by atoms with Crippen LogP contribution in [0.25, 0.3) is 41.7 Å². The van der Waals surface area contributed by atoms with Crippen LogP contribution in [0.15, 0.2) is 60.7 Å². The van der Waals surface area contributed by atoms with Gasteiger partial charge in [0.25, 0.3) is 0 Å². The second kappa shape index (κ2) is 5.36. The maximum Gasteiger partial charge on any atom is 0.126 e. The summed E-state index contributed by atoms with van der Waals surface area (Å²) in [4.78, 5) is 0. The number of thiophene rings is 1. The van der Waals surface area contributed by atoms with E-state index in [2.05, 4.69) is 48.5 Å². The molecule has 0 saturated carbocycles. The number of fused-ring (bicyclic) bond motifs is 7. The van der Waals surface area contributed by atoms with Crippen molar-refractivity contribution in [2.45, 2.75) is 0 Å². The topological polar surface area (TPSA) is 18.5 Å². The summed E-state index contributed by atoms with van der Waals surface area (Å²) in [7, 11) is 3.43. The largest absolute Gasteiger partial charge is 0.497 e. The highest BCUT2D eigenvalue weighted by Gasteiger charge is 2.13. The highest BCUT2D eigenvalue weighted by Crippen LogP contribution is 2.43. The lowest BCUT2D eigenvalue weighted by atomic mass is 10.0. The first-order chi connectivity index (χ1) is 12.3. The third-order valence-corrected chi connectivity index (χ3v) is 6.07. The molecule has 0 N–H and O–H groups in total. The maximum absolute atomic E-state index is 5.54. The van der Waals surface area contributed by atoms with Crippen molar-refractivity contribution < 1.29 is 9.47 Å². The first-order valence-corrected chi connectivity index (χ1v) is 9.00. The molecule has 0 bridgehead atoms. The van der Waals surface area contributed by atoms with E-state index < -0.39 is 0 Å². The van der Waals surface area contributed by atoms with Gasteiger partial charge >= 0.3 is 0 Å². The first kappa shape index (κ1) is 14.6. The highest BCUT2D eigenvalue weighted by atomic mass is 32.1. The van der Waals surface area contributed by atoms with Crippen molar-refractivity contribution in [2.24, 2.45) is 0 Å². The minimum Gasteiger partial charge on any atom is -0.497 e. The van der Waals surface area contributed by atoms with Crippen molar-refractivity contribution >= 4 is 53.1 Å². The van der Waals surface area contributed by atoms with Gasteiger partial charge in [-0.3, -0.25) is 0 Å². The predicted molar refractivity (Wildman–Crippen MR) is 107 cm³/mol. The summed E-state index contributed by atoms with van der Waals surface area (Å²) in [6.07, 6.45) is 0. The van der Waals surface area contributed by atoms with Crippen LogP contribution in [0.5, 0.6) is 11.5 Å². The Labute approximate surface area is 149 Å². The molecule has 1 heterocycles. The van der Waals surface area contributed by atoms with E-state index in [0.29, 0.717) is 0 Å². The summed E-state index contributed by atoms with van der Waals surface area (Å²) in [5, 5.41) is 7.51. The summed E-state index contributed by atoms with van der Waals surface area (Å²) in [5.41, 5.74) is 0. The zero-order chi connectivity index (χ0) is 17.0. The van der Waals surface area contributed by atoms with Gasteiger partial charge in [-0.05, 0) is 41.1 Å². The number of methoxy groups -OCH3 is 2. The number of rotatable bonds is 2. The van der Waals surface area contributed by atoms with Crippen LogP contribution in [-0.2, 0) is 0 Å². The Bertz CT molecular complexity index is 1270. The molecule has 0 radical (unpaired) electrons. The van der Waals surface area contributed by atoms with Crippen molar-refractivity contribution in [1.29, 1.82) is 0 Å². The molecule has 0 aliphatic heterocycles. The lowest BCUT2D eigenvalue weighted by molar-refractivity contribution is 0.415. The lowest BCUT2D eigenvalue weighted by Crippen LogP contribution is -1.84. The molecule has 3 heteroatoms. The number of hydrogen-bond donors (Lipinski definition) is 0. The second-order valence-electron chi connectivity index (χ2n) is 6.13. The van der Waals surface area contributed by atoms with Crippen LogP contribution in [0.1, 0.15) is 0 Å². The molecule has 2 nitrogen and oxygen atoms in total. The van der Waals surface area contributed by atoms with E-state index in [1.54, 1.807) is 14.2 Å². The fraction of sp³-hybridized carbons (Fsp3) is 0.0909. The summed E-state index contributed by atoms with van der Waals surface area (Å²) in [6.45, 7) is 0. The van der Waals surface area contributed by atoms with Crippen molar-refractivity contribution in [1.82, 2.24) is 0 Å². The fourth-order valence-electron chi connectivity index (χ4n) is 3.67. The Morgan fingerprint density at radius 1 is 0.720 bits per heavy atom. The van der Waals surface area contributed by atoms with Crippen LogP contribution in [0.3, 0.4) is 0 Å². The molecule has 0 saturated heterocycles. The molecule has 1 aromatic heterocycles. The standard InChI is InChI=1S/C22H16O2S/c1-23-14-7-8-15-13(12-14)6-11-20-21(15)18-10-9-16-17(22(18)25-20)4-3-5-19(16)24-2/h3-12H,1-2H3. The second-order valence-corrected chi connectivity index (χ2v) is 7.18. The molecule has 0 unspecified atom stereocenters. The van der Waals surface area contributed by atoms with E-state index in [1.807, 2.05) is 23.5 Å². The fourth-order valence-corrected chi connectivity index (χ4v) is 4.92. The van der Waals surface area contributed by atoms with Crippen LogP contribution in [-0.4, -0.2) is 14.2 Å². The third-order valence-electron chi connectivity index (χ3n) is 4.86. The summed E-state index contributed by atoms with van der Waals surface area (Å²) in [6, 6.07) is 21.4. The zero-order valence-electron chi connectivity index (χ0n) is 14.0. The molecular weight excluding hydrogens is 328 g/mol. The molecule has 4 aromatic carbocycles. The van der Waals surface area contributed by atoms with Crippen molar-refractivity contribution in [3.05, 3.63) is 60.7 Å². The van der Waals surface area contributed by atoms with Crippen LogP contribution in [0.2, 0.25) is 0 Å². The van der Waals surface area contributed by atoms with Gasteiger partial charge in [-0.1, -0.05) is 30.3 Å². The summed E-state index contributed by atoms with van der Waals surface area (Å²) >= 11 is 1.85. The average molecular weight is 344 g/mol. The third kappa shape index (κ3) is 2.02. The minimum atomic E-state index is 0.890. The van der Waals surface area contributed by atoms with Gasteiger partial charge in [0.15, 0.2) is 0 Å². The van der Waals surface area contributed by atoms with Gasteiger partial charge in [-0.2, -0.15) is 0 Å². The van der Waals surface area contributed by atoms with Crippen LogP contribution in [0, 0.1) is 0 Å². The zero-order valence-corrected chi connectivity index (χ0v) is 14.8. The molecule has 0 aliphatic carbocycles. The minimum absolute atomic E-state index is 0.890. The summed E-state index contributed by atoms with van der Waals surface area (Å²) < 4.78 is 13.5. The molecule has 5 rings (SSSR count). The van der Waals surface area contributed by atoms with Crippen LogP contribution < -0.4 is 9.47 Å². The quantitative estimate of drug-likeness (QED) is 0.370. The van der Waals surface area contributed by atoms with Crippen LogP contribution in [0.4, 0.5) is 0 Å². The van der Waals surface area contributed by atoms with Gasteiger partial charge in [0.05, 0.1) is 14.2 Å². The van der Waals surface area contributed by atoms with E-state index in [-0.39, 0.29) is 0 Å². The van der Waals surface area contributed by atoms with E-state index in [4.69, 9.17) is 9.47 Å². The number of ether oxygens (including phenoxy) is 2. The Balaban J connectivity index is 1.96. The smallest absolute Gasteiger partial charge is 0.126 e. The molecule has 25 heavy (non-hydrogen) atoms. The normalized spacial score (nSPS) is 11.6. The average Bonchev–Trinajstić information content (AvgIpc) is 3.06. The summed E-state index contributed by atoms with van der Waals surface area (Å²) in [5.74, 6) is 1.81. The van der Waals surface area contributed by atoms with Gasteiger partial charge in [0.2, 0.25) is 0 Å². The Hall–Kier alpha value is -2.78. The van der Waals surface area contributed by atoms with Crippen molar-refractivity contribution in [2.75, 3.05) is 14.2 Å². The SMILES string of the molecule is COc1ccc2c(ccc3sc4c5cccc(OC)c5ccc4c32)c1.